The summed E-state index contributed by atoms with van der Waals surface area (Å²) < 4.78 is 21.0. The highest BCUT2D eigenvalue weighted by molar-refractivity contribution is 9.10. The average Bonchev–Trinajstić information content (AvgIpc) is 2.81. The molecule has 0 saturated heterocycles. The molecular formula is C13H9BrFN3O. The third-order valence-corrected chi connectivity index (χ3v) is 3.27. The molecule has 0 bridgehead atoms. The second-order valence-corrected chi connectivity index (χ2v) is 4.75. The largest absolute Gasteiger partial charge is 0.494 e. The number of ether oxygens (including phenoxy) is 1. The predicted octanol–water partition coefficient (Wildman–Crippen LogP) is 3.33. The molecule has 0 aliphatic rings. The lowest BCUT2D eigenvalue weighted by atomic mass is 10.2. The zero-order valence-corrected chi connectivity index (χ0v) is 11.6. The van der Waals surface area contributed by atoms with Crippen molar-refractivity contribution in [3.05, 3.63) is 47.1 Å². The van der Waals surface area contributed by atoms with Crippen molar-refractivity contribution < 1.29 is 9.13 Å². The Bertz CT molecular complexity index is 739. The van der Waals surface area contributed by atoms with E-state index in [0.29, 0.717) is 5.39 Å². The van der Waals surface area contributed by atoms with E-state index in [-0.39, 0.29) is 5.75 Å². The zero-order valence-electron chi connectivity index (χ0n) is 9.97. The summed E-state index contributed by atoms with van der Waals surface area (Å²) in [6.07, 6.45) is 3.30. The van der Waals surface area contributed by atoms with E-state index in [1.807, 2.05) is 12.1 Å². The average molecular weight is 322 g/mol. The summed E-state index contributed by atoms with van der Waals surface area (Å²) in [6.45, 7) is 0. The fourth-order valence-electron chi connectivity index (χ4n) is 1.88. The lowest BCUT2D eigenvalue weighted by Crippen LogP contribution is -1.97. The number of aromatic nitrogens is 3. The first-order valence-corrected chi connectivity index (χ1v) is 6.31. The summed E-state index contributed by atoms with van der Waals surface area (Å²) in [5.41, 5.74) is 1.56. The van der Waals surface area contributed by atoms with Crippen molar-refractivity contribution >= 4 is 26.8 Å². The fourth-order valence-corrected chi connectivity index (χ4v) is 2.12. The monoisotopic (exact) mass is 321 g/mol. The van der Waals surface area contributed by atoms with Crippen molar-refractivity contribution in [1.82, 2.24) is 14.8 Å². The summed E-state index contributed by atoms with van der Waals surface area (Å²) >= 11 is 3.28. The Morgan fingerprint density at radius 3 is 2.79 bits per heavy atom. The van der Waals surface area contributed by atoms with Gasteiger partial charge in [-0.25, -0.2) is 14.1 Å². The van der Waals surface area contributed by atoms with Crippen molar-refractivity contribution in [2.45, 2.75) is 0 Å². The molecule has 19 heavy (non-hydrogen) atoms. The van der Waals surface area contributed by atoms with Crippen LogP contribution in [-0.4, -0.2) is 21.9 Å². The first-order valence-electron chi connectivity index (χ1n) is 5.52. The van der Waals surface area contributed by atoms with Gasteiger partial charge in [-0.2, -0.15) is 5.10 Å². The van der Waals surface area contributed by atoms with E-state index in [1.165, 1.54) is 13.2 Å². The molecule has 0 aliphatic carbocycles. The van der Waals surface area contributed by atoms with Crippen LogP contribution in [0.1, 0.15) is 0 Å². The molecule has 0 fully saturated rings. The summed E-state index contributed by atoms with van der Waals surface area (Å²) in [5.74, 6) is -0.206. The van der Waals surface area contributed by atoms with Crippen LogP contribution in [0.25, 0.3) is 16.6 Å². The SMILES string of the molecule is COc1cc2c(cnn2-c2ccc(Br)nc2)cc1F. The van der Waals surface area contributed by atoms with E-state index in [4.69, 9.17) is 4.74 Å². The number of hydrogen-bond donors (Lipinski definition) is 0. The topological polar surface area (TPSA) is 39.9 Å². The lowest BCUT2D eigenvalue weighted by Gasteiger charge is -2.05. The first-order chi connectivity index (χ1) is 9.19. The zero-order chi connectivity index (χ0) is 13.4. The van der Waals surface area contributed by atoms with Crippen LogP contribution in [-0.2, 0) is 0 Å². The van der Waals surface area contributed by atoms with Crippen molar-refractivity contribution in [3.63, 3.8) is 0 Å². The predicted molar refractivity (Wildman–Crippen MR) is 73.1 cm³/mol. The molecule has 0 N–H and O–H groups in total. The van der Waals surface area contributed by atoms with Crippen LogP contribution in [0.5, 0.6) is 5.75 Å². The van der Waals surface area contributed by atoms with Gasteiger partial charge in [0.1, 0.15) is 4.60 Å². The Morgan fingerprint density at radius 2 is 2.11 bits per heavy atom. The highest BCUT2D eigenvalue weighted by atomic mass is 79.9. The van der Waals surface area contributed by atoms with Gasteiger partial charge in [-0.15, -0.1) is 0 Å². The van der Waals surface area contributed by atoms with Crippen LogP contribution in [0.4, 0.5) is 4.39 Å². The number of fused-ring (bicyclic) bond motifs is 1. The maximum Gasteiger partial charge on any atom is 0.165 e. The van der Waals surface area contributed by atoms with Gasteiger partial charge in [-0.05, 0) is 34.1 Å². The van der Waals surface area contributed by atoms with Crippen LogP contribution >= 0.6 is 15.9 Å². The van der Waals surface area contributed by atoms with E-state index in [0.717, 1.165) is 15.8 Å². The molecule has 0 saturated carbocycles. The first kappa shape index (κ1) is 12.1. The van der Waals surface area contributed by atoms with E-state index >= 15 is 0 Å². The molecule has 0 atom stereocenters. The molecule has 2 aromatic heterocycles. The van der Waals surface area contributed by atoms with E-state index in [9.17, 15) is 4.39 Å². The molecule has 6 heteroatoms. The number of halogens is 2. The van der Waals surface area contributed by atoms with Crippen LogP contribution in [0.2, 0.25) is 0 Å². The molecule has 1 aromatic carbocycles. The molecule has 4 nitrogen and oxygen atoms in total. The third kappa shape index (κ3) is 2.08. The highest BCUT2D eigenvalue weighted by Gasteiger charge is 2.10. The van der Waals surface area contributed by atoms with Gasteiger partial charge in [-0.1, -0.05) is 0 Å². The van der Waals surface area contributed by atoms with Gasteiger partial charge < -0.3 is 4.74 Å². The Labute approximate surface area is 117 Å². The van der Waals surface area contributed by atoms with Gasteiger partial charge in [0, 0.05) is 11.5 Å². The minimum absolute atomic E-state index is 0.194. The van der Waals surface area contributed by atoms with Crippen molar-refractivity contribution in [2.75, 3.05) is 7.11 Å². The summed E-state index contributed by atoms with van der Waals surface area (Å²) in [7, 11) is 1.44. The lowest BCUT2D eigenvalue weighted by molar-refractivity contribution is 0.387. The molecule has 0 spiro atoms. The van der Waals surface area contributed by atoms with Crippen molar-refractivity contribution in [1.29, 1.82) is 0 Å². The van der Waals surface area contributed by atoms with E-state index in [2.05, 4.69) is 26.0 Å². The third-order valence-electron chi connectivity index (χ3n) is 2.80. The van der Waals surface area contributed by atoms with E-state index in [1.54, 1.807) is 23.1 Å². The second kappa shape index (κ2) is 4.62. The van der Waals surface area contributed by atoms with Crippen LogP contribution in [0, 0.1) is 5.82 Å². The van der Waals surface area contributed by atoms with Crippen molar-refractivity contribution in [3.8, 4) is 11.4 Å². The minimum atomic E-state index is -0.400. The Balaban J connectivity index is 2.21. The van der Waals surface area contributed by atoms with Gasteiger partial charge >= 0.3 is 0 Å². The van der Waals surface area contributed by atoms with Gasteiger partial charge in [0.2, 0.25) is 0 Å². The van der Waals surface area contributed by atoms with Crippen LogP contribution in [0.3, 0.4) is 0 Å². The second-order valence-electron chi connectivity index (χ2n) is 3.94. The number of methoxy groups -OCH3 is 1. The van der Waals surface area contributed by atoms with Gasteiger partial charge in [0.15, 0.2) is 11.6 Å². The summed E-state index contributed by atoms with van der Waals surface area (Å²) in [5, 5.41) is 4.96. The molecule has 0 amide bonds. The molecule has 3 rings (SSSR count). The molecule has 96 valence electrons. The van der Waals surface area contributed by atoms with Crippen molar-refractivity contribution in [2.24, 2.45) is 0 Å². The summed E-state index contributed by atoms with van der Waals surface area (Å²) in [4.78, 5) is 4.15. The quantitative estimate of drug-likeness (QED) is 0.680. The number of hydrogen-bond acceptors (Lipinski definition) is 3. The standard InChI is InChI=1S/C13H9BrFN3O/c1-19-12-5-11-8(4-10(12)15)6-17-18(11)9-2-3-13(14)16-7-9/h2-7H,1H3. The molecular weight excluding hydrogens is 313 g/mol. The Hall–Kier alpha value is -1.95. The van der Waals surface area contributed by atoms with E-state index < -0.39 is 5.82 Å². The number of nitrogens with zero attached hydrogens (tertiary/aromatic N) is 3. The maximum atomic E-state index is 13.6. The minimum Gasteiger partial charge on any atom is -0.494 e. The number of benzene rings is 1. The maximum absolute atomic E-state index is 13.6. The number of pyridine rings is 1. The van der Waals surface area contributed by atoms with Gasteiger partial charge in [0.05, 0.1) is 30.7 Å². The fraction of sp³-hybridized carbons (Fsp3) is 0.0769. The molecule has 3 aromatic rings. The van der Waals surface area contributed by atoms with Gasteiger partial charge in [0.25, 0.3) is 0 Å². The molecule has 0 unspecified atom stereocenters. The highest BCUT2D eigenvalue weighted by Crippen LogP contribution is 2.26. The summed E-state index contributed by atoms with van der Waals surface area (Å²) in [6, 6.07) is 6.73. The Morgan fingerprint density at radius 1 is 1.26 bits per heavy atom. The van der Waals surface area contributed by atoms with Crippen LogP contribution < -0.4 is 4.74 Å². The molecule has 2 heterocycles. The van der Waals surface area contributed by atoms with Crippen LogP contribution in [0.15, 0.2) is 41.3 Å². The Kier molecular flexibility index (Phi) is 2.94. The van der Waals surface area contributed by atoms with Gasteiger partial charge in [-0.3, -0.25) is 0 Å². The molecule has 0 aliphatic heterocycles. The number of rotatable bonds is 2. The normalized spacial score (nSPS) is 10.9. The smallest absolute Gasteiger partial charge is 0.165 e. The molecule has 0 radical (unpaired) electrons.